The normalized spacial score (nSPS) is 12.0. The van der Waals surface area contributed by atoms with E-state index in [1.165, 1.54) is 6.20 Å². The Bertz CT molecular complexity index is 555. The van der Waals surface area contributed by atoms with Crippen LogP contribution in [0, 0.1) is 5.41 Å². The lowest BCUT2D eigenvalue weighted by atomic mass is 9.92. The van der Waals surface area contributed by atoms with Gasteiger partial charge in [-0.3, -0.25) is 5.01 Å². The van der Waals surface area contributed by atoms with Crippen LogP contribution in [0.5, 0.6) is 0 Å². The molecule has 1 aromatic heterocycles. The number of aromatic nitrogens is 2. The molecule has 0 aliphatic heterocycles. The van der Waals surface area contributed by atoms with E-state index in [4.69, 9.17) is 24.2 Å². The second-order valence-electron chi connectivity index (χ2n) is 7.49. The molecular weight excluding hydrogens is 314 g/mol. The van der Waals surface area contributed by atoms with E-state index >= 15 is 0 Å². The third kappa shape index (κ3) is 7.55. The molecule has 0 aliphatic rings. The van der Waals surface area contributed by atoms with E-state index in [2.05, 4.69) is 36.2 Å². The van der Waals surface area contributed by atoms with Gasteiger partial charge in [0.15, 0.2) is 0 Å². The lowest BCUT2D eigenvalue weighted by Crippen LogP contribution is -2.48. The number of anilines is 1. The smallest absolute Gasteiger partial charge is 0.426 e. The molecule has 0 saturated carbocycles. The first kappa shape index (κ1) is 19.6. The number of hydrogen-bond donors (Lipinski definition) is 1. The molecule has 6 nitrogen and oxygen atoms in total. The van der Waals surface area contributed by atoms with Gasteiger partial charge in [-0.1, -0.05) is 20.8 Å². The Labute approximate surface area is 144 Å². The molecule has 1 amide bonds. The molecule has 0 atom stereocenters. The molecular formula is C15H24BClN4O2. The van der Waals surface area contributed by atoms with E-state index in [9.17, 15) is 4.79 Å². The van der Waals surface area contributed by atoms with Crippen molar-refractivity contribution < 1.29 is 9.53 Å². The molecule has 1 aromatic rings. The van der Waals surface area contributed by atoms with Crippen LogP contribution >= 0.6 is 11.6 Å². The van der Waals surface area contributed by atoms with Gasteiger partial charge in [0, 0.05) is 12.7 Å². The number of amides is 1. The van der Waals surface area contributed by atoms with Crippen molar-refractivity contribution in [1.82, 2.24) is 15.4 Å². The number of hydrogen-bond acceptors (Lipinski definition) is 5. The zero-order valence-corrected chi connectivity index (χ0v) is 15.4. The zero-order chi connectivity index (χ0) is 17.8. The Morgan fingerprint density at radius 2 is 1.96 bits per heavy atom. The number of nitrogens with one attached hydrogen (secondary N) is 1. The fraction of sp³-hybridized carbons (Fsp3) is 0.667. The summed E-state index contributed by atoms with van der Waals surface area (Å²) >= 11 is 5.85. The molecule has 1 heterocycles. The van der Waals surface area contributed by atoms with Crippen LogP contribution in [0.2, 0.25) is 5.28 Å². The molecule has 8 heteroatoms. The van der Waals surface area contributed by atoms with Gasteiger partial charge in [0.1, 0.15) is 19.3 Å². The van der Waals surface area contributed by atoms with Gasteiger partial charge in [-0.15, -0.1) is 0 Å². The first-order valence-corrected chi connectivity index (χ1v) is 7.80. The van der Waals surface area contributed by atoms with Crippen LogP contribution < -0.4 is 15.9 Å². The van der Waals surface area contributed by atoms with Gasteiger partial charge in [0.05, 0.1) is 0 Å². The van der Waals surface area contributed by atoms with E-state index in [-0.39, 0.29) is 10.7 Å². The summed E-state index contributed by atoms with van der Waals surface area (Å²) in [5.74, 6) is 0.347. The minimum Gasteiger partial charge on any atom is -0.443 e. The molecule has 1 N–H and O–H groups in total. The Hall–Kier alpha value is -1.50. The van der Waals surface area contributed by atoms with Crippen LogP contribution in [-0.4, -0.2) is 36.1 Å². The number of nitrogens with zero attached hydrogens (tertiary/aromatic N) is 3. The van der Waals surface area contributed by atoms with Crippen molar-refractivity contribution in [2.75, 3.05) is 11.6 Å². The van der Waals surface area contributed by atoms with E-state index in [1.54, 1.807) is 25.8 Å². The molecule has 23 heavy (non-hydrogen) atoms. The predicted octanol–water partition coefficient (Wildman–Crippen LogP) is 2.61. The van der Waals surface area contributed by atoms with Gasteiger partial charge in [0.25, 0.3) is 0 Å². The summed E-state index contributed by atoms with van der Waals surface area (Å²) in [7, 11) is 5.92. The molecule has 0 unspecified atom stereocenters. The number of ether oxygens (including phenoxy) is 1. The van der Waals surface area contributed by atoms with Crippen molar-refractivity contribution in [3.8, 4) is 0 Å². The van der Waals surface area contributed by atoms with Gasteiger partial charge in [-0.05, 0) is 49.7 Å². The van der Waals surface area contributed by atoms with Gasteiger partial charge in [-0.25, -0.2) is 15.2 Å². The molecule has 0 aromatic carbocycles. The highest BCUT2D eigenvalue weighted by atomic mass is 35.5. The van der Waals surface area contributed by atoms with Crippen molar-refractivity contribution in [2.45, 2.75) is 53.6 Å². The minimum absolute atomic E-state index is 0.0564. The largest absolute Gasteiger partial charge is 0.443 e. The highest BCUT2D eigenvalue weighted by Crippen LogP contribution is 2.20. The third-order valence-corrected chi connectivity index (χ3v) is 2.91. The lowest BCUT2D eigenvalue weighted by Gasteiger charge is -2.30. The van der Waals surface area contributed by atoms with Crippen LogP contribution in [0.3, 0.4) is 0 Å². The monoisotopic (exact) mass is 338 g/mol. The van der Waals surface area contributed by atoms with Crippen LogP contribution in [0.25, 0.3) is 0 Å². The molecule has 2 radical (unpaired) electrons. The number of hydrazine groups is 1. The van der Waals surface area contributed by atoms with Crippen LogP contribution in [0.15, 0.2) is 6.20 Å². The summed E-state index contributed by atoms with van der Waals surface area (Å²) in [6.45, 7) is 12.2. The standard InChI is InChI=1S/C15H24BClN4O2/c1-14(2,3)7-8-21(20-13(22)23-15(4,5)6)11-10(16)9-18-12(17)19-11/h9H,7-8H2,1-6H3,(H,20,22). The Balaban J connectivity index is 2.97. The first-order chi connectivity index (χ1) is 10.4. The van der Waals surface area contributed by atoms with Gasteiger partial charge < -0.3 is 4.74 Å². The molecule has 0 aliphatic carbocycles. The molecule has 0 saturated heterocycles. The maximum absolute atomic E-state index is 12.1. The third-order valence-electron chi connectivity index (χ3n) is 2.73. The van der Waals surface area contributed by atoms with Gasteiger partial charge in [-0.2, -0.15) is 4.98 Å². The van der Waals surface area contributed by atoms with E-state index < -0.39 is 11.7 Å². The SMILES string of the molecule is [B]c1cnc(Cl)nc1N(CCC(C)(C)C)NC(=O)OC(C)(C)C. The second-order valence-corrected chi connectivity index (χ2v) is 7.83. The minimum atomic E-state index is -0.603. The Morgan fingerprint density at radius 3 is 2.48 bits per heavy atom. The number of carbonyl (C=O) groups excluding carboxylic acids is 1. The first-order valence-electron chi connectivity index (χ1n) is 7.42. The fourth-order valence-electron chi connectivity index (χ4n) is 1.65. The van der Waals surface area contributed by atoms with Crippen LogP contribution in [0.1, 0.15) is 48.0 Å². The van der Waals surface area contributed by atoms with Gasteiger partial charge in [0.2, 0.25) is 5.28 Å². The van der Waals surface area contributed by atoms with E-state index in [0.717, 1.165) is 6.42 Å². The zero-order valence-electron chi connectivity index (χ0n) is 14.6. The number of halogens is 1. The maximum atomic E-state index is 12.1. The maximum Gasteiger partial charge on any atom is 0.426 e. The predicted molar refractivity (Wildman–Crippen MR) is 93.2 cm³/mol. The Kier molecular flexibility index (Phi) is 6.28. The van der Waals surface area contributed by atoms with Crippen molar-refractivity contribution in [2.24, 2.45) is 5.41 Å². The average Bonchev–Trinajstić information content (AvgIpc) is 2.34. The van der Waals surface area contributed by atoms with Crippen molar-refractivity contribution >= 4 is 36.8 Å². The highest BCUT2D eigenvalue weighted by molar-refractivity contribution is 6.36. The lowest BCUT2D eigenvalue weighted by molar-refractivity contribution is 0.0519. The summed E-state index contributed by atoms with van der Waals surface area (Å²) in [6.07, 6.45) is 1.62. The molecule has 1 rings (SSSR count). The van der Waals surface area contributed by atoms with E-state index in [0.29, 0.717) is 17.8 Å². The molecule has 0 bridgehead atoms. The molecule has 0 fully saturated rings. The summed E-state index contributed by atoms with van der Waals surface area (Å²) in [5, 5.41) is 1.60. The van der Waals surface area contributed by atoms with Crippen molar-refractivity contribution in [3.05, 3.63) is 11.5 Å². The summed E-state index contributed by atoms with van der Waals surface area (Å²) < 4.78 is 5.28. The summed E-state index contributed by atoms with van der Waals surface area (Å²) in [5.41, 5.74) is 2.46. The van der Waals surface area contributed by atoms with E-state index in [1.807, 2.05) is 0 Å². The second kappa shape index (κ2) is 7.38. The quantitative estimate of drug-likeness (QED) is 0.519. The summed E-state index contributed by atoms with van der Waals surface area (Å²) in [4.78, 5) is 20.0. The Morgan fingerprint density at radius 1 is 1.35 bits per heavy atom. The van der Waals surface area contributed by atoms with Crippen molar-refractivity contribution in [1.29, 1.82) is 0 Å². The van der Waals surface area contributed by atoms with Crippen LogP contribution in [-0.2, 0) is 4.74 Å². The highest BCUT2D eigenvalue weighted by Gasteiger charge is 2.22. The topological polar surface area (TPSA) is 67.4 Å². The number of carbonyl (C=O) groups is 1. The number of rotatable bonds is 4. The van der Waals surface area contributed by atoms with Crippen LogP contribution in [0.4, 0.5) is 10.6 Å². The van der Waals surface area contributed by atoms with Crippen molar-refractivity contribution in [3.63, 3.8) is 0 Å². The molecule has 126 valence electrons. The van der Waals surface area contributed by atoms with Gasteiger partial charge >= 0.3 is 6.09 Å². The average molecular weight is 339 g/mol. The molecule has 0 spiro atoms. The fourth-order valence-corrected chi connectivity index (χ4v) is 1.78. The summed E-state index contributed by atoms with van der Waals surface area (Å²) in [6, 6.07) is 0.